The summed E-state index contributed by atoms with van der Waals surface area (Å²) in [5.74, 6) is -1.13. The number of aromatic amines is 1. The highest BCUT2D eigenvalue weighted by Crippen LogP contribution is 2.39. The maximum Gasteiger partial charge on any atom is 0.306 e. The van der Waals surface area contributed by atoms with Gasteiger partial charge in [0.1, 0.15) is 5.60 Å². The number of aliphatic hydroxyl groups is 1. The lowest BCUT2D eigenvalue weighted by Crippen LogP contribution is -2.34. The molecular weight excluding hydrogens is 306 g/mol. The van der Waals surface area contributed by atoms with E-state index in [-0.39, 0.29) is 5.92 Å². The smallest absolute Gasteiger partial charge is 0.306 e. The largest absolute Gasteiger partial charge is 0.481 e. The SMILES string of the molecule is Cc1cc(Cc2cc(C)[nH]n2)nc(C2(O)CCC(C(=O)O)CC2)c1. The molecule has 0 spiro atoms. The second kappa shape index (κ2) is 6.36. The molecule has 0 radical (unpaired) electrons. The molecule has 6 nitrogen and oxygen atoms in total. The fraction of sp³-hybridized carbons (Fsp3) is 0.500. The molecule has 1 saturated carbocycles. The molecule has 1 aliphatic carbocycles. The number of aliphatic carboxylic acids is 1. The summed E-state index contributed by atoms with van der Waals surface area (Å²) >= 11 is 0. The van der Waals surface area contributed by atoms with E-state index in [2.05, 4.69) is 15.2 Å². The van der Waals surface area contributed by atoms with E-state index in [0.717, 1.165) is 22.6 Å². The molecule has 2 heterocycles. The maximum absolute atomic E-state index is 11.1. The molecular formula is C18H23N3O3. The predicted molar refractivity (Wildman–Crippen MR) is 88.6 cm³/mol. The quantitative estimate of drug-likeness (QED) is 0.800. The summed E-state index contributed by atoms with van der Waals surface area (Å²) in [6.07, 6.45) is 2.43. The van der Waals surface area contributed by atoms with Crippen molar-refractivity contribution in [2.45, 2.75) is 51.6 Å². The Hall–Kier alpha value is -2.21. The van der Waals surface area contributed by atoms with E-state index in [9.17, 15) is 9.90 Å². The highest BCUT2D eigenvalue weighted by Gasteiger charge is 2.38. The van der Waals surface area contributed by atoms with Gasteiger partial charge >= 0.3 is 5.97 Å². The lowest BCUT2D eigenvalue weighted by atomic mass is 9.76. The van der Waals surface area contributed by atoms with Crippen molar-refractivity contribution in [1.29, 1.82) is 0 Å². The summed E-state index contributed by atoms with van der Waals surface area (Å²) in [4.78, 5) is 15.8. The van der Waals surface area contributed by atoms with E-state index in [0.29, 0.717) is 37.8 Å². The van der Waals surface area contributed by atoms with Gasteiger partial charge in [-0.1, -0.05) is 0 Å². The van der Waals surface area contributed by atoms with Crippen LogP contribution in [0.15, 0.2) is 18.2 Å². The van der Waals surface area contributed by atoms with Crippen LogP contribution in [0, 0.1) is 19.8 Å². The highest BCUT2D eigenvalue weighted by molar-refractivity contribution is 5.70. The Kier molecular flexibility index (Phi) is 4.41. The Morgan fingerprint density at radius 1 is 1.25 bits per heavy atom. The van der Waals surface area contributed by atoms with Crippen molar-refractivity contribution < 1.29 is 15.0 Å². The molecule has 2 aromatic heterocycles. The number of carboxylic acid groups (broad SMARTS) is 1. The summed E-state index contributed by atoms with van der Waals surface area (Å²) < 4.78 is 0. The summed E-state index contributed by atoms with van der Waals surface area (Å²) in [7, 11) is 0. The average molecular weight is 329 g/mol. The monoisotopic (exact) mass is 329 g/mol. The number of H-pyrrole nitrogens is 1. The van der Waals surface area contributed by atoms with Crippen molar-refractivity contribution >= 4 is 5.97 Å². The van der Waals surface area contributed by atoms with Crippen LogP contribution in [0.5, 0.6) is 0 Å². The third-order valence-electron chi connectivity index (χ3n) is 4.78. The van der Waals surface area contributed by atoms with E-state index in [1.54, 1.807) is 0 Å². The van der Waals surface area contributed by atoms with Crippen LogP contribution in [0.25, 0.3) is 0 Å². The van der Waals surface area contributed by atoms with Crippen LogP contribution in [-0.2, 0) is 16.8 Å². The van der Waals surface area contributed by atoms with Gasteiger partial charge in [0.25, 0.3) is 0 Å². The number of carboxylic acids is 1. The first kappa shape index (κ1) is 16.6. The molecule has 24 heavy (non-hydrogen) atoms. The van der Waals surface area contributed by atoms with E-state index < -0.39 is 11.6 Å². The van der Waals surface area contributed by atoms with Crippen LogP contribution in [0.3, 0.4) is 0 Å². The molecule has 0 bridgehead atoms. The summed E-state index contributed by atoms with van der Waals surface area (Å²) in [5.41, 5.74) is 3.44. The molecule has 1 fully saturated rings. The van der Waals surface area contributed by atoms with Crippen LogP contribution in [-0.4, -0.2) is 31.4 Å². The lowest BCUT2D eigenvalue weighted by molar-refractivity contribution is -0.145. The minimum absolute atomic E-state index is 0.360. The molecule has 0 unspecified atom stereocenters. The Bertz CT molecular complexity index is 746. The number of rotatable bonds is 4. The van der Waals surface area contributed by atoms with Crippen LogP contribution in [0.2, 0.25) is 0 Å². The topological polar surface area (TPSA) is 99.1 Å². The molecule has 0 aliphatic heterocycles. The number of carbonyl (C=O) groups is 1. The van der Waals surface area contributed by atoms with Crippen molar-refractivity contribution in [3.63, 3.8) is 0 Å². The molecule has 0 atom stereocenters. The first-order valence-electron chi connectivity index (χ1n) is 8.30. The van der Waals surface area contributed by atoms with Gasteiger partial charge in [-0.3, -0.25) is 14.9 Å². The summed E-state index contributed by atoms with van der Waals surface area (Å²) in [5, 5.41) is 27.3. The van der Waals surface area contributed by atoms with Gasteiger partial charge in [0.15, 0.2) is 0 Å². The number of hydrogen-bond acceptors (Lipinski definition) is 4. The van der Waals surface area contributed by atoms with E-state index in [4.69, 9.17) is 5.11 Å². The molecule has 0 aromatic carbocycles. The van der Waals surface area contributed by atoms with E-state index in [1.165, 1.54) is 0 Å². The number of aryl methyl sites for hydroxylation is 2. The normalized spacial score (nSPS) is 24.0. The number of nitrogens with one attached hydrogen (secondary N) is 1. The zero-order chi connectivity index (χ0) is 17.3. The van der Waals surface area contributed by atoms with Gasteiger partial charge in [-0.15, -0.1) is 0 Å². The molecule has 6 heteroatoms. The molecule has 3 rings (SSSR count). The van der Waals surface area contributed by atoms with Gasteiger partial charge in [-0.05, 0) is 63.3 Å². The first-order chi connectivity index (χ1) is 11.4. The molecule has 3 N–H and O–H groups in total. The molecule has 0 amide bonds. The zero-order valence-corrected chi connectivity index (χ0v) is 14.0. The van der Waals surface area contributed by atoms with Crippen LogP contribution < -0.4 is 0 Å². The van der Waals surface area contributed by atoms with Gasteiger partial charge in [-0.2, -0.15) is 5.10 Å². The standard InChI is InChI=1S/C18H23N3O3/c1-11-7-14(10-15-9-12(2)20-21-15)19-16(8-11)18(24)5-3-13(4-6-18)17(22)23/h7-9,13,24H,3-6,10H2,1-2H3,(H,20,21)(H,22,23). The average Bonchev–Trinajstić information content (AvgIpc) is 2.92. The van der Waals surface area contributed by atoms with Crippen LogP contribution in [0.4, 0.5) is 0 Å². The van der Waals surface area contributed by atoms with Crippen molar-refractivity contribution in [3.8, 4) is 0 Å². The van der Waals surface area contributed by atoms with Gasteiger partial charge in [0, 0.05) is 17.8 Å². The molecule has 0 saturated heterocycles. The Labute approximate surface area is 140 Å². The van der Waals surface area contributed by atoms with Crippen LogP contribution in [0.1, 0.15) is 54.0 Å². The predicted octanol–water partition coefficient (Wildman–Crippen LogP) is 2.47. The zero-order valence-electron chi connectivity index (χ0n) is 14.0. The van der Waals surface area contributed by atoms with Gasteiger partial charge in [-0.25, -0.2) is 0 Å². The number of pyridine rings is 1. The van der Waals surface area contributed by atoms with Crippen molar-refractivity contribution in [1.82, 2.24) is 15.2 Å². The minimum Gasteiger partial charge on any atom is -0.481 e. The van der Waals surface area contributed by atoms with E-state index in [1.807, 2.05) is 32.0 Å². The Morgan fingerprint density at radius 2 is 1.96 bits per heavy atom. The molecule has 2 aromatic rings. The second-order valence-corrected chi connectivity index (χ2v) is 6.88. The summed E-state index contributed by atoms with van der Waals surface area (Å²) in [6, 6.07) is 5.89. The van der Waals surface area contributed by atoms with Crippen molar-refractivity contribution in [3.05, 3.63) is 46.5 Å². The van der Waals surface area contributed by atoms with Crippen molar-refractivity contribution in [2.75, 3.05) is 0 Å². The van der Waals surface area contributed by atoms with Crippen LogP contribution >= 0.6 is 0 Å². The Balaban J connectivity index is 1.82. The highest BCUT2D eigenvalue weighted by atomic mass is 16.4. The third kappa shape index (κ3) is 3.48. The maximum atomic E-state index is 11.1. The van der Waals surface area contributed by atoms with Gasteiger partial charge < -0.3 is 10.2 Å². The van der Waals surface area contributed by atoms with E-state index >= 15 is 0 Å². The Morgan fingerprint density at radius 3 is 2.54 bits per heavy atom. The fourth-order valence-corrected chi connectivity index (χ4v) is 3.42. The third-order valence-corrected chi connectivity index (χ3v) is 4.78. The second-order valence-electron chi connectivity index (χ2n) is 6.88. The molecule has 128 valence electrons. The fourth-order valence-electron chi connectivity index (χ4n) is 3.42. The van der Waals surface area contributed by atoms with Crippen molar-refractivity contribution in [2.24, 2.45) is 5.92 Å². The van der Waals surface area contributed by atoms with Gasteiger partial charge in [0.05, 0.1) is 17.3 Å². The minimum atomic E-state index is -1.03. The summed E-state index contributed by atoms with van der Waals surface area (Å²) in [6.45, 7) is 3.94. The number of hydrogen-bond donors (Lipinski definition) is 3. The lowest BCUT2D eigenvalue weighted by Gasteiger charge is -2.34. The van der Waals surface area contributed by atoms with Gasteiger partial charge in [0.2, 0.25) is 0 Å². The number of nitrogens with zero attached hydrogens (tertiary/aromatic N) is 2. The number of aromatic nitrogens is 3. The molecule has 1 aliphatic rings. The first-order valence-corrected chi connectivity index (χ1v) is 8.30.